The van der Waals surface area contributed by atoms with E-state index in [-0.39, 0.29) is 30.0 Å². The summed E-state index contributed by atoms with van der Waals surface area (Å²) in [5.41, 5.74) is 1.97. The molecular formula is C37H39N7O5S. The molecule has 2 aromatic carbocycles. The number of nitriles is 1. The zero-order valence-corrected chi connectivity index (χ0v) is 29.2. The molecule has 1 saturated heterocycles. The van der Waals surface area contributed by atoms with Gasteiger partial charge in [-0.1, -0.05) is 18.2 Å². The number of carbonyl (C=O) groups excluding carboxylic acids is 3. The largest absolute Gasteiger partial charge is 0.457 e. The number of rotatable bonds is 11. The molecule has 0 bridgehead atoms. The number of nitrogens with one attached hydrogen (secondary N) is 3. The van der Waals surface area contributed by atoms with Crippen LogP contribution in [0.15, 0.2) is 72.4 Å². The molecule has 2 aromatic heterocycles. The van der Waals surface area contributed by atoms with E-state index in [9.17, 15) is 19.6 Å². The van der Waals surface area contributed by atoms with Crippen LogP contribution in [0.5, 0.6) is 11.5 Å². The van der Waals surface area contributed by atoms with Crippen LogP contribution in [0.3, 0.4) is 0 Å². The molecule has 2 aliphatic heterocycles. The normalized spacial score (nSPS) is 16.2. The number of aromatic nitrogens is 1. The van der Waals surface area contributed by atoms with Crippen LogP contribution >= 0.6 is 11.3 Å². The minimum Gasteiger partial charge on any atom is -0.457 e. The highest BCUT2D eigenvalue weighted by Gasteiger charge is 2.35. The standard InChI is InChI=1S/C37H39N7O5S/c1-23-19-27(49-26-10-6-5-7-11-26)12-13-28(23)44-29-14-15-39-34-30(29)31(42-36(44)47)32(50-34)33(45)41-25-9-8-17-43(22-25)35(46)24(21-38)20-37(2,3)40-16-18-48-4/h5-7,10-15,19-20,25,40H,8-9,16-18,22H2,1-4H3,(H,41,45)(H,42,47)/t25-/m1/s1. The summed E-state index contributed by atoms with van der Waals surface area (Å²) in [6.07, 6.45) is 4.60. The average molecular weight is 694 g/mol. The number of aryl methyl sites for hydroxylation is 1. The molecule has 0 aliphatic carbocycles. The van der Waals surface area contributed by atoms with Crippen LogP contribution in [0.2, 0.25) is 0 Å². The number of benzene rings is 2. The molecule has 50 heavy (non-hydrogen) atoms. The molecule has 0 radical (unpaired) electrons. The second-order valence-corrected chi connectivity index (χ2v) is 13.8. The van der Waals surface area contributed by atoms with E-state index in [1.807, 2.05) is 69.3 Å². The van der Waals surface area contributed by atoms with Crippen LogP contribution in [-0.2, 0) is 9.53 Å². The fourth-order valence-electron chi connectivity index (χ4n) is 6.28. The Hall–Kier alpha value is -5.29. The van der Waals surface area contributed by atoms with Crippen LogP contribution in [0.25, 0.3) is 10.2 Å². The highest BCUT2D eigenvalue weighted by molar-refractivity contribution is 7.21. The molecule has 13 heteroatoms. The van der Waals surface area contributed by atoms with Crippen molar-refractivity contribution >= 4 is 56.5 Å². The van der Waals surface area contributed by atoms with Crippen LogP contribution in [0, 0.1) is 18.3 Å². The fourth-order valence-corrected chi connectivity index (χ4v) is 7.30. The van der Waals surface area contributed by atoms with Crippen molar-refractivity contribution in [1.29, 1.82) is 5.26 Å². The Morgan fingerprint density at radius 2 is 1.96 bits per heavy atom. The van der Waals surface area contributed by atoms with Crippen LogP contribution in [-0.4, -0.2) is 72.7 Å². The lowest BCUT2D eigenvalue weighted by Crippen LogP contribution is -2.50. The minimum absolute atomic E-state index is 0.0419. The number of para-hydroxylation sites is 1. The number of hydrogen-bond donors (Lipinski definition) is 3. The molecular weight excluding hydrogens is 655 g/mol. The molecule has 12 nitrogen and oxygen atoms in total. The first-order chi connectivity index (χ1) is 24.1. The lowest BCUT2D eigenvalue weighted by atomic mass is 9.99. The van der Waals surface area contributed by atoms with E-state index >= 15 is 0 Å². The highest BCUT2D eigenvalue weighted by atomic mass is 32.1. The second-order valence-electron chi connectivity index (χ2n) is 12.8. The number of anilines is 3. The zero-order chi connectivity index (χ0) is 35.4. The van der Waals surface area contributed by atoms with Gasteiger partial charge in [-0.05, 0) is 81.7 Å². The molecule has 258 valence electrons. The van der Waals surface area contributed by atoms with Crippen molar-refractivity contribution in [3.63, 3.8) is 0 Å². The molecule has 2 aliphatic rings. The quantitative estimate of drug-likeness (QED) is 0.0947. The number of nitrogens with zero attached hydrogens (tertiary/aromatic N) is 4. The molecule has 4 amide bonds. The number of pyridine rings is 1. The Balaban J connectivity index is 1.19. The first-order valence-electron chi connectivity index (χ1n) is 16.4. The van der Waals surface area contributed by atoms with E-state index in [0.717, 1.165) is 5.56 Å². The SMILES string of the molecule is COCCNC(C)(C)C=C(C#N)C(=O)N1CCC[C@@H](NC(=O)c2sc3nccc4c3c2NC(=O)N4c2ccc(Oc3ccccc3)cc2C)C1. The van der Waals surface area contributed by atoms with E-state index < -0.39 is 11.6 Å². The summed E-state index contributed by atoms with van der Waals surface area (Å²) < 4.78 is 11.1. The Kier molecular flexibility index (Phi) is 10.1. The van der Waals surface area contributed by atoms with Gasteiger partial charge in [0.25, 0.3) is 11.8 Å². The summed E-state index contributed by atoms with van der Waals surface area (Å²) in [4.78, 5) is 49.6. The van der Waals surface area contributed by atoms with Crippen molar-refractivity contribution < 1.29 is 23.9 Å². The summed E-state index contributed by atoms with van der Waals surface area (Å²) in [5, 5.41) is 19.8. The highest BCUT2D eigenvalue weighted by Crippen LogP contribution is 2.46. The lowest BCUT2D eigenvalue weighted by Gasteiger charge is -2.33. The third-order valence-corrected chi connectivity index (χ3v) is 9.72. The van der Waals surface area contributed by atoms with Gasteiger partial charge in [0.2, 0.25) is 0 Å². The van der Waals surface area contributed by atoms with Crippen LogP contribution in [0.1, 0.15) is 41.9 Å². The molecule has 0 saturated carbocycles. The number of ether oxygens (including phenoxy) is 2. The van der Waals surface area contributed by atoms with Crippen molar-refractivity contribution in [2.75, 3.05) is 43.6 Å². The first kappa shape index (κ1) is 34.6. The number of carbonyl (C=O) groups is 3. The van der Waals surface area contributed by atoms with E-state index in [0.29, 0.717) is 76.2 Å². The van der Waals surface area contributed by atoms with Gasteiger partial charge in [0.1, 0.15) is 32.8 Å². The lowest BCUT2D eigenvalue weighted by molar-refractivity contribution is -0.128. The fraction of sp³-hybridized carbons (Fsp3) is 0.324. The van der Waals surface area contributed by atoms with Gasteiger partial charge in [0.15, 0.2) is 0 Å². The average Bonchev–Trinajstić information content (AvgIpc) is 3.47. The summed E-state index contributed by atoms with van der Waals surface area (Å²) >= 11 is 1.20. The second kappa shape index (κ2) is 14.7. The van der Waals surface area contributed by atoms with Crippen LogP contribution < -0.4 is 25.6 Å². The zero-order valence-electron chi connectivity index (χ0n) is 28.4. The smallest absolute Gasteiger partial charge is 0.331 e. The summed E-state index contributed by atoms with van der Waals surface area (Å²) in [7, 11) is 1.61. The van der Waals surface area contributed by atoms with Crippen molar-refractivity contribution in [2.24, 2.45) is 0 Å². The maximum Gasteiger partial charge on any atom is 0.331 e. The minimum atomic E-state index is -0.600. The summed E-state index contributed by atoms with van der Waals surface area (Å²) in [5.74, 6) is 0.620. The molecule has 1 fully saturated rings. The van der Waals surface area contributed by atoms with Crippen molar-refractivity contribution in [3.8, 4) is 17.6 Å². The number of hydrogen-bond acceptors (Lipinski definition) is 9. The predicted molar refractivity (Wildman–Crippen MR) is 193 cm³/mol. The predicted octanol–water partition coefficient (Wildman–Crippen LogP) is 6.27. The maximum absolute atomic E-state index is 13.8. The van der Waals surface area contributed by atoms with Crippen molar-refractivity contribution in [3.05, 3.63) is 82.9 Å². The van der Waals surface area contributed by atoms with Gasteiger partial charge in [0, 0.05) is 44.5 Å². The number of methoxy groups -OCH3 is 1. The molecule has 4 aromatic rings. The number of thiophene rings is 1. The van der Waals surface area contributed by atoms with Crippen molar-refractivity contribution in [1.82, 2.24) is 20.5 Å². The van der Waals surface area contributed by atoms with Crippen LogP contribution in [0.4, 0.5) is 21.9 Å². The van der Waals surface area contributed by atoms with Gasteiger partial charge in [-0.25, -0.2) is 9.78 Å². The van der Waals surface area contributed by atoms with E-state index in [2.05, 4.69) is 27.0 Å². The van der Waals surface area contributed by atoms with Gasteiger partial charge in [0.05, 0.1) is 29.1 Å². The molecule has 1 atom stereocenters. The van der Waals surface area contributed by atoms with E-state index in [1.165, 1.54) is 11.3 Å². The van der Waals surface area contributed by atoms with Crippen molar-refractivity contribution in [2.45, 2.75) is 45.2 Å². The number of likely N-dealkylation sites (tertiary alicyclic amines) is 1. The third kappa shape index (κ3) is 7.33. The molecule has 4 heterocycles. The summed E-state index contributed by atoms with van der Waals surface area (Å²) in [6.45, 7) is 7.50. The Labute approximate surface area is 294 Å². The molecule has 0 spiro atoms. The Morgan fingerprint density at radius 1 is 1.16 bits per heavy atom. The van der Waals surface area contributed by atoms with Gasteiger partial charge in [-0.15, -0.1) is 11.3 Å². The first-order valence-corrected chi connectivity index (χ1v) is 17.2. The van der Waals surface area contributed by atoms with E-state index in [1.54, 1.807) is 35.2 Å². The summed E-state index contributed by atoms with van der Waals surface area (Å²) in [6, 6.07) is 18.1. The maximum atomic E-state index is 13.8. The van der Waals surface area contributed by atoms with Gasteiger partial charge in [-0.3, -0.25) is 14.5 Å². The topological polar surface area (TPSA) is 149 Å². The van der Waals surface area contributed by atoms with Gasteiger partial charge >= 0.3 is 6.03 Å². The van der Waals surface area contributed by atoms with E-state index in [4.69, 9.17) is 9.47 Å². The van der Waals surface area contributed by atoms with Gasteiger partial charge in [-0.2, -0.15) is 5.26 Å². The Bertz CT molecular complexity index is 2000. The molecule has 0 unspecified atom stereocenters. The van der Waals surface area contributed by atoms with Gasteiger partial charge < -0.3 is 30.3 Å². The number of urea groups is 1. The third-order valence-electron chi connectivity index (χ3n) is 8.63. The number of amides is 4. The molecule has 3 N–H and O–H groups in total. The Morgan fingerprint density at radius 3 is 2.70 bits per heavy atom. The monoisotopic (exact) mass is 693 g/mol. The molecule has 6 rings (SSSR count). The number of piperidine rings is 1.